The van der Waals surface area contributed by atoms with Gasteiger partial charge in [0.15, 0.2) is 0 Å². The van der Waals surface area contributed by atoms with E-state index in [-0.39, 0.29) is 24.3 Å². The average Bonchev–Trinajstić information content (AvgIpc) is 2.60. The number of anilines is 1. The number of amides is 2. The lowest BCUT2D eigenvalue weighted by atomic mass is 9.93. The number of rotatable bonds is 4. The van der Waals surface area contributed by atoms with Crippen LogP contribution in [-0.4, -0.2) is 29.8 Å². The number of hydrogen-bond donors (Lipinski definition) is 2. The van der Waals surface area contributed by atoms with Crippen molar-refractivity contribution in [1.29, 1.82) is 0 Å². The lowest BCUT2D eigenvalue weighted by Crippen LogP contribution is -2.41. The molecule has 0 saturated carbocycles. The standard InChI is InChI=1S/C19H20FN3O2/c1-12-17-7-4-15(20)10-14(17)8-9-23(12)18(24)11-22-16-5-2-13(3-6-16)19(21)25/h2-7,10,12,22H,8-9,11H2,1H3,(H2,21,25)/t12-/m0/s1. The van der Waals surface area contributed by atoms with Crippen LogP contribution in [0.3, 0.4) is 0 Å². The zero-order valence-corrected chi connectivity index (χ0v) is 14.0. The third kappa shape index (κ3) is 3.63. The molecule has 0 unspecified atom stereocenters. The Kier molecular flexibility index (Phi) is 4.70. The highest BCUT2D eigenvalue weighted by molar-refractivity contribution is 5.93. The molecule has 0 aliphatic carbocycles. The minimum absolute atomic E-state index is 0.0264. The number of hydrogen-bond acceptors (Lipinski definition) is 3. The molecule has 3 rings (SSSR count). The second-order valence-electron chi connectivity index (χ2n) is 6.15. The number of nitrogens with zero attached hydrogens (tertiary/aromatic N) is 1. The van der Waals surface area contributed by atoms with Gasteiger partial charge < -0.3 is 16.0 Å². The molecule has 6 heteroatoms. The highest BCUT2D eigenvalue weighted by atomic mass is 19.1. The van der Waals surface area contributed by atoms with Crippen molar-refractivity contribution in [2.45, 2.75) is 19.4 Å². The maximum Gasteiger partial charge on any atom is 0.248 e. The van der Waals surface area contributed by atoms with Gasteiger partial charge in [0, 0.05) is 17.8 Å². The Morgan fingerprint density at radius 1 is 1.24 bits per heavy atom. The van der Waals surface area contributed by atoms with Gasteiger partial charge in [0.05, 0.1) is 12.6 Å². The van der Waals surface area contributed by atoms with E-state index in [1.807, 2.05) is 6.92 Å². The van der Waals surface area contributed by atoms with Crippen LogP contribution in [0, 0.1) is 5.82 Å². The van der Waals surface area contributed by atoms with Crippen molar-refractivity contribution in [3.8, 4) is 0 Å². The minimum atomic E-state index is -0.486. The average molecular weight is 341 g/mol. The maximum atomic E-state index is 13.3. The van der Waals surface area contributed by atoms with Gasteiger partial charge in [-0.25, -0.2) is 4.39 Å². The molecule has 1 aliphatic heterocycles. The highest BCUT2D eigenvalue weighted by Gasteiger charge is 2.27. The molecule has 0 fully saturated rings. The summed E-state index contributed by atoms with van der Waals surface area (Å²) < 4.78 is 13.3. The fraction of sp³-hybridized carbons (Fsp3) is 0.263. The molecule has 130 valence electrons. The lowest BCUT2D eigenvalue weighted by Gasteiger charge is -2.35. The van der Waals surface area contributed by atoms with E-state index in [0.717, 1.165) is 16.8 Å². The third-order valence-electron chi connectivity index (χ3n) is 4.58. The van der Waals surface area contributed by atoms with Gasteiger partial charge in [-0.15, -0.1) is 0 Å². The zero-order valence-electron chi connectivity index (χ0n) is 14.0. The van der Waals surface area contributed by atoms with Gasteiger partial charge in [-0.2, -0.15) is 0 Å². The number of carbonyl (C=O) groups excluding carboxylic acids is 2. The normalized spacial score (nSPS) is 16.2. The summed E-state index contributed by atoms with van der Waals surface area (Å²) in [5.74, 6) is -0.756. The Bertz CT molecular complexity index is 805. The summed E-state index contributed by atoms with van der Waals surface area (Å²) in [7, 11) is 0. The van der Waals surface area contributed by atoms with Gasteiger partial charge in [0.1, 0.15) is 5.82 Å². The Morgan fingerprint density at radius 3 is 2.64 bits per heavy atom. The van der Waals surface area contributed by atoms with Crippen molar-refractivity contribution in [2.75, 3.05) is 18.4 Å². The molecule has 1 atom stereocenters. The molecule has 0 spiro atoms. The van der Waals surface area contributed by atoms with Gasteiger partial charge in [-0.05, 0) is 60.9 Å². The van der Waals surface area contributed by atoms with Crippen LogP contribution in [0.5, 0.6) is 0 Å². The van der Waals surface area contributed by atoms with Crippen LogP contribution in [0.25, 0.3) is 0 Å². The first-order chi connectivity index (χ1) is 12.0. The summed E-state index contributed by atoms with van der Waals surface area (Å²) in [6.07, 6.45) is 0.649. The van der Waals surface area contributed by atoms with E-state index in [4.69, 9.17) is 5.73 Å². The number of halogens is 1. The number of fused-ring (bicyclic) bond motifs is 1. The second kappa shape index (κ2) is 6.93. The zero-order chi connectivity index (χ0) is 18.0. The van der Waals surface area contributed by atoms with E-state index in [1.165, 1.54) is 6.07 Å². The molecule has 5 nitrogen and oxygen atoms in total. The minimum Gasteiger partial charge on any atom is -0.376 e. The summed E-state index contributed by atoms with van der Waals surface area (Å²) in [5, 5.41) is 3.06. The molecule has 0 bridgehead atoms. The van der Waals surface area contributed by atoms with Crippen LogP contribution in [-0.2, 0) is 11.2 Å². The van der Waals surface area contributed by atoms with Crippen LogP contribution >= 0.6 is 0 Å². The molecule has 1 heterocycles. The van der Waals surface area contributed by atoms with Crippen molar-refractivity contribution in [3.05, 3.63) is 65.0 Å². The summed E-state index contributed by atoms with van der Waals surface area (Å²) in [4.78, 5) is 25.4. The van der Waals surface area contributed by atoms with Crippen molar-refractivity contribution in [2.24, 2.45) is 5.73 Å². The predicted octanol–water partition coefficient (Wildman–Crippen LogP) is 2.48. The van der Waals surface area contributed by atoms with Crippen molar-refractivity contribution >= 4 is 17.5 Å². The molecule has 0 saturated heterocycles. The highest BCUT2D eigenvalue weighted by Crippen LogP contribution is 2.29. The van der Waals surface area contributed by atoms with Crippen LogP contribution in [0.15, 0.2) is 42.5 Å². The van der Waals surface area contributed by atoms with Crippen molar-refractivity contribution < 1.29 is 14.0 Å². The van der Waals surface area contributed by atoms with Crippen LogP contribution in [0.2, 0.25) is 0 Å². The summed E-state index contributed by atoms with van der Waals surface area (Å²) in [6, 6.07) is 11.3. The number of nitrogens with one attached hydrogen (secondary N) is 1. The largest absolute Gasteiger partial charge is 0.376 e. The summed E-state index contributed by atoms with van der Waals surface area (Å²) >= 11 is 0. The smallest absolute Gasteiger partial charge is 0.248 e. The molecule has 2 amide bonds. The van der Waals surface area contributed by atoms with Gasteiger partial charge in [0.25, 0.3) is 0 Å². The second-order valence-corrected chi connectivity index (χ2v) is 6.15. The quantitative estimate of drug-likeness (QED) is 0.897. The van der Waals surface area contributed by atoms with Crippen LogP contribution in [0.4, 0.5) is 10.1 Å². The van der Waals surface area contributed by atoms with E-state index in [1.54, 1.807) is 41.3 Å². The number of carbonyl (C=O) groups is 2. The first-order valence-electron chi connectivity index (χ1n) is 8.17. The van der Waals surface area contributed by atoms with Crippen LogP contribution in [0.1, 0.15) is 34.5 Å². The van der Waals surface area contributed by atoms with Crippen LogP contribution < -0.4 is 11.1 Å². The Balaban J connectivity index is 1.63. The number of primary amides is 1. The summed E-state index contributed by atoms with van der Waals surface area (Å²) in [6.45, 7) is 2.67. The van der Waals surface area contributed by atoms with E-state index in [0.29, 0.717) is 18.5 Å². The van der Waals surface area contributed by atoms with E-state index >= 15 is 0 Å². The molecule has 2 aromatic rings. The predicted molar refractivity (Wildman–Crippen MR) is 93.7 cm³/mol. The van der Waals surface area contributed by atoms with E-state index < -0.39 is 5.91 Å². The Morgan fingerprint density at radius 2 is 1.96 bits per heavy atom. The first kappa shape index (κ1) is 17.0. The van der Waals surface area contributed by atoms with Gasteiger partial charge >= 0.3 is 0 Å². The Labute approximate surface area is 145 Å². The molecule has 25 heavy (non-hydrogen) atoms. The van der Waals surface area contributed by atoms with Crippen molar-refractivity contribution in [3.63, 3.8) is 0 Å². The molecular formula is C19H20FN3O2. The monoisotopic (exact) mass is 341 g/mol. The molecule has 0 radical (unpaired) electrons. The fourth-order valence-corrected chi connectivity index (χ4v) is 3.17. The van der Waals surface area contributed by atoms with Gasteiger partial charge in [-0.3, -0.25) is 9.59 Å². The molecule has 3 N–H and O–H groups in total. The SMILES string of the molecule is C[C@H]1c2ccc(F)cc2CCN1C(=O)CNc1ccc(C(N)=O)cc1. The molecule has 1 aliphatic rings. The van der Waals surface area contributed by atoms with Gasteiger partial charge in [0.2, 0.25) is 11.8 Å². The number of nitrogens with two attached hydrogens (primary N) is 1. The topological polar surface area (TPSA) is 75.4 Å². The van der Waals surface area contributed by atoms with E-state index in [2.05, 4.69) is 5.32 Å². The number of benzene rings is 2. The molecule has 2 aromatic carbocycles. The fourth-order valence-electron chi connectivity index (χ4n) is 3.17. The summed E-state index contributed by atoms with van der Waals surface area (Å²) in [5.41, 5.74) is 8.32. The third-order valence-corrected chi connectivity index (χ3v) is 4.58. The lowest BCUT2D eigenvalue weighted by molar-refractivity contribution is -0.131. The first-order valence-corrected chi connectivity index (χ1v) is 8.17. The van der Waals surface area contributed by atoms with E-state index in [9.17, 15) is 14.0 Å². The molecule has 0 aromatic heterocycles. The van der Waals surface area contributed by atoms with Crippen molar-refractivity contribution in [1.82, 2.24) is 4.90 Å². The maximum absolute atomic E-state index is 13.3. The van der Waals surface area contributed by atoms with Gasteiger partial charge in [-0.1, -0.05) is 6.07 Å². The molecular weight excluding hydrogens is 321 g/mol. The Hall–Kier alpha value is -2.89.